The fourth-order valence-electron chi connectivity index (χ4n) is 2.11. The van der Waals surface area contributed by atoms with E-state index in [2.05, 4.69) is 10.6 Å². The molecule has 0 aliphatic carbocycles. The molecule has 0 aromatic heterocycles. The molecule has 0 unspecified atom stereocenters. The number of rotatable bonds is 3. The Hall–Kier alpha value is -2.54. The monoisotopic (exact) mass is 370 g/mol. The van der Waals surface area contributed by atoms with E-state index < -0.39 is 22.7 Å². The minimum atomic E-state index is -4.62. The van der Waals surface area contributed by atoms with Crippen LogP contribution in [0, 0.1) is 6.92 Å². The van der Waals surface area contributed by atoms with Gasteiger partial charge in [0.25, 0.3) is 5.91 Å². The summed E-state index contributed by atoms with van der Waals surface area (Å²) in [5.74, 6) is -0.907. The highest BCUT2D eigenvalue weighted by atomic mass is 35.5. The quantitative estimate of drug-likeness (QED) is 0.809. The number of benzene rings is 2. The van der Waals surface area contributed by atoms with E-state index in [9.17, 15) is 22.8 Å². The van der Waals surface area contributed by atoms with Crippen LogP contribution in [0.5, 0.6) is 0 Å². The molecule has 0 aliphatic heterocycles. The minimum Gasteiger partial charge on any atom is -0.326 e. The molecule has 4 nitrogen and oxygen atoms in total. The number of halogens is 4. The van der Waals surface area contributed by atoms with Gasteiger partial charge in [-0.3, -0.25) is 9.59 Å². The van der Waals surface area contributed by atoms with Crippen molar-refractivity contribution < 1.29 is 22.8 Å². The van der Waals surface area contributed by atoms with E-state index in [1.807, 2.05) is 0 Å². The molecule has 0 spiro atoms. The summed E-state index contributed by atoms with van der Waals surface area (Å²) in [7, 11) is 0. The molecule has 0 bridgehead atoms. The SMILES string of the molecule is CC(=O)Nc1cc(C(=O)Nc2ccc(Cl)c(C(F)(F)F)c2)ccc1C. The number of carbonyl (C=O) groups is 2. The first kappa shape index (κ1) is 18.8. The molecule has 0 aliphatic rings. The van der Waals surface area contributed by atoms with Crippen LogP contribution < -0.4 is 10.6 Å². The lowest BCUT2D eigenvalue weighted by Crippen LogP contribution is -2.15. The van der Waals surface area contributed by atoms with Gasteiger partial charge in [0.2, 0.25) is 5.91 Å². The van der Waals surface area contributed by atoms with Crippen LogP contribution in [0.1, 0.15) is 28.4 Å². The Morgan fingerprint density at radius 1 is 1.04 bits per heavy atom. The van der Waals surface area contributed by atoms with Gasteiger partial charge in [-0.1, -0.05) is 17.7 Å². The number of hydrogen-bond acceptors (Lipinski definition) is 2. The summed E-state index contributed by atoms with van der Waals surface area (Å²) >= 11 is 5.55. The predicted octanol–water partition coefficient (Wildman–Crippen LogP) is 4.88. The molecule has 2 amide bonds. The van der Waals surface area contributed by atoms with Crippen LogP contribution in [0.4, 0.5) is 24.5 Å². The zero-order valence-corrected chi connectivity index (χ0v) is 14.0. The molecule has 2 rings (SSSR count). The van der Waals surface area contributed by atoms with Crippen LogP contribution >= 0.6 is 11.6 Å². The van der Waals surface area contributed by atoms with Gasteiger partial charge in [0.05, 0.1) is 10.6 Å². The van der Waals surface area contributed by atoms with Gasteiger partial charge in [-0.2, -0.15) is 13.2 Å². The summed E-state index contributed by atoms with van der Waals surface area (Å²) < 4.78 is 38.6. The van der Waals surface area contributed by atoms with Crippen molar-refractivity contribution in [3.63, 3.8) is 0 Å². The molecular formula is C17H14ClF3N2O2. The second-order valence-corrected chi connectivity index (χ2v) is 5.76. The summed E-state index contributed by atoms with van der Waals surface area (Å²) in [5, 5.41) is 4.52. The Labute approximate surface area is 147 Å². The molecule has 8 heteroatoms. The Morgan fingerprint density at radius 3 is 2.32 bits per heavy atom. The lowest BCUT2D eigenvalue weighted by atomic mass is 10.1. The van der Waals surface area contributed by atoms with Crippen LogP contribution in [-0.4, -0.2) is 11.8 Å². The van der Waals surface area contributed by atoms with Crippen molar-refractivity contribution in [2.45, 2.75) is 20.0 Å². The number of nitrogens with one attached hydrogen (secondary N) is 2. The molecule has 0 saturated carbocycles. The smallest absolute Gasteiger partial charge is 0.326 e. The molecule has 0 fully saturated rings. The average Bonchev–Trinajstić information content (AvgIpc) is 2.49. The van der Waals surface area contributed by atoms with Crippen LogP contribution in [0.3, 0.4) is 0 Å². The third-order valence-corrected chi connectivity index (χ3v) is 3.67. The maximum Gasteiger partial charge on any atom is 0.417 e. The highest BCUT2D eigenvalue weighted by Crippen LogP contribution is 2.36. The van der Waals surface area contributed by atoms with Crippen LogP contribution in [-0.2, 0) is 11.0 Å². The number of hydrogen-bond donors (Lipinski definition) is 2. The molecule has 0 heterocycles. The first-order valence-electron chi connectivity index (χ1n) is 7.14. The summed E-state index contributed by atoms with van der Waals surface area (Å²) in [6.45, 7) is 3.08. The summed E-state index contributed by atoms with van der Waals surface area (Å²) in [6, 6.07) is 7.70. The number of amides is 2. The van der Waals surface area contributed by atoms with Crippen LogP contribution in [0.15, 0.2) is 36.4 Å². The van der Waals surface area contributed by atoms with Crippen LogP contribution in [0.2, 0.25) is 5.02 Å². The zero-order valence-electron chi connectivity index (χ0n) is 13.3. The van der Waals surface area contributed by atoms with E-state index in [1.165, 1.54) is 25.1 Å². The van der Waals surface area contributed by atoms with Gasteiger partial charge in [-0.25, -0.2) is 0 Å². The number of alkyl halides is 3. The molecular weight excluding hydrogens is 357 g/mol. The van der Waals surface area contributed by atoms with Crippen molar-refractivity contribution in [1.82, 2.24) is 0 Å². The molecule has 0 atom stereocenters. The van der Waals surface area contributed by atoms with Crippen molar-refractivity contribution in [1.29, 1.82) is 0 Å². The van der Waals surface area contributed by atoms with Gasteiger partial charge in [-0.15, -0.1) is 0 Å². The van der Waals surface area contributed by atoms with Crippen molar-refractivity contribution in [3.8, 4) is 0 Å². The predicted molar refractivity (Wildman–Crippen MR) is 89.9 cm³/mol. The molecule has 2 aromatic carbocycles. The van der Waals surface area contributed by atoms with Gasteiger partial charge in [-0.05, 0) is 42.8 Å². The maximum atomic E-state index is 12.9. The molecule has 2 N–H and O–H groups in total. The Bertz CT molecular complexity index is 835. The standard InChI is InChI=1S/C17H14ClF3N2O2/c1-9-3-4-11(7-15(9)22-10(2)24)16(25)23-12-5-6-14(18)13(8-12)17(19,20)21/h3-8H,1-2H3,(H,22,24)(H,23,25). The molecule has 25 heavy (non-hydrogen) atoms. The zero-order chi connectivity index (χ0) is 18.8. The van der Waals surface area contributed by atoms with Crippen molar-refractivity contribution in [3.05, 3.63) is 58.1 Å². The number of anilines is 2. The van der Waals surface area contributed by atoms with Crippen molar-refractivity contribution in [2.24, 2.45) is 0 Å². The van der Waals surface area contributed by atoms with E-state index in [4.69, 9.17) is 11.6 Å². The van der Waals surface area contributed by atoms with E-state index in [-0.39, 0.29) is 17.2 Å². The van der Waals surface area contributed by atoms with Gasteiger partial charge >= 0.3 is 6.18 Å². The minimum absolute atomic E-state index is 0.0385. The van der Waals surface area contributed by atoms with E-state index in [0.717, 1.165) is 17.7 Å². The highest BCUT2D eigenvalue weighted by molar-refractivity contribution is 6.31. The van der Waals surface area contributed by atoms with Crippen molar-refractivity contribution >= 4 is 34.8 Å². The lowest BCUT2D eigenvalue weighted by Gasteiger charge is -2.13. The lowest BCUT2D eigenvalue weighted by molar-refractivity contribution is -0.137. The first-order chi connectivity index (χ1) is 11.6. The molecule has 0 saturated heterocycles. The Kier molecular flexibility index (Phi) is 5.37. The summed E-state index contributed by atoms with van der Waals surface area (Å²) in [4.78, 5) is 23.4. The van der Waals surface area contributed by atoms with Gasteiger partial charge in [0, 0.05) is 23.9 Å². The van der Waals surface area contributed by atoms with Gasteiger partial charge in [0.15, 0.2) is 0 Å². The number of aryl methyl sites for hydroxylation is 1. The van der Waals surface area contributed by atoms with Gasteiger partial charge < -0.3 is 10.6 Å². The maximum absolute atomic E-state index is 12.9. The largest absolute Gasteiger partial charge is 0.417 e. The Morgan fingerprint density at radius 2 is 1.72 bits per heavy atom. The second-order valence-electron chi connectivity index (χ2n) is 5.36. The average molecular weight is 371 g/mol. The van der Waals surface area contributed by atoms with E-state index in [0.29, 0.717) is 5.69 Å². The second kappa shape index (κ2) is 7.14. The fourth-order valence-corrected chi connectivity index (χ4v) is 2.34. The van der Waals surface area contributed by atoms with Crippen LogP contribution in [0.25, 0.3) is 0 Å². The fraction of sp³-hybridized carbons (Fsp3) is 0.176. The highest BCUT2D eigenvalue weighted by Gasteiger charge is 2.33. The van der Waals surface area contributed by atoms with E-state index >= 15 is 0 Å². The summed E-state index contributed by atoms with van der Waals surface area (Å²) in [6.07, 6.45) is -4.62. The third kappa shape index (κ3) is 4.73. The normalized spacial score (nSPS) is 11.1. The molecule has 2 aromatic rings. The summed E-state index contributed by atoms with van der Waals surface area (Å²) in [5.41, 5.74) is 0.320. The molecule has 0 radical (unpaired) electrons. The van der Waals surface area contributed by atoms with Gasteiger partial charge in [0.1, 0.15) is 0 Å². The van der Waals surface area contributed by atoms with Crippen molar-refractivity contribution in [2.75, 3.05) is 10.6 Å². The molecule has 132 valence electrons. The van der Waals surface area contributed by atoms with E-state index in [1.54, 1.807) is 13.0 Å². The third-order valence-electron chi connectivity index (χ3n) is 3.34. The Balaban J connectivity index is 2.27. The topological polar surface area (TPSA) is 58.2 Å². The first-order valence-corrected chi connectivity index (χ1v) is 7.52. The number of carbonyl (C=O) groups excluding carboxylic acids is 2.